The van der Waals surface area contributed by atoms with Gasteiger partial charge in [-0.15, -0.1) is 11.3 Å². The molecule has 1 saturated carbocycles. The van der Waals surface area contributed by atoms with Crippen molar-refractivity contribution in [3.8, 4) is 6.07 Å². The van der Waals surface area contributed by atoms with Crippen LogP contribution in [0.2, 0.25) is 0 Å². The van der Waals surface area contributed by atoms with Crippen molar-refractivity contribution in [1.29, 1.82) is 5.26 Å². The number of nitriles is 1. The molecular formula is C12H16N2S. The minimum absolute atomic E-state index is 0.244. The number of nitrogens with zero attached hydrogens (tertiary/aromatic N) is 1. The largest absolute Gasteiger partial charge is 0.312 e. The predicted molar refractivity (Wildman–Crippen MR) is 62.8 cm³/mol. The molecule has 0 bridgehead atoms. The average molecular weight is 220 g/mol. The average Bonchev–Trinajstić information content (AvgIpc) is 2.88. The van der Waals surface area contributed by atoms with Crippen molar-refractivity contribution in [2.45, 2.75) is 31.7 Å². The zero-order valence-corrected chi connectivity index (χ0v) is 9.59. The molecule has 0 spiro atoms. The Morgan fingerprint density at radius 2 is 2.47 bits per heavy atom. The van der Waals surface area contributed by atoms with E-state index in [1.54, 1.807) is 11.3 Å². The minimum Gasteiger partial charge on any atom is -0.312 e. The van der Waals surface area contributed by atoms with E-state index in [1.807, 2.05) is 0 Å². The Kier molecular flexibility index (Phi) is 3.76. The summed E-state index contributed by atoms with van der Waals surface area (Å²) in [5.41, 5.74) is 0. The third-order valence-corrected chi connectivity index (χ3v) is 3.98. The highest BCUT2D eigenvalue weighted by atomic mass is 32.1. The van der Waals surface area contributed by atoms with Gasteiger partial charge < -0.3 is 5.32 Å². The topological polar surface area (TPSA) is 35.8 Å². The highest BCUT2D eigenvalue weighted by molar-refractivity contribution is 7.09. The number of nitrogens with one attached hydrogen (secondary N) is 1. The molecule has 1 aliphatic carbocycles. The predicted octanol–water partition coefficient (Wildman–Crippen LogP) is 2.57. The highest BCUT2D eigenvalue weighted by Gasteiger charge is 2.26. The Hall–Kier alpha value is -0.850. The Morgan fingerprint density at radius 3 is 3.20 bits per heavy atom. The maximum Gasteiger partial charge on any atom is 0.0672 e. The van der Waals surface area contributed by atoms with Gasteiger partial charge in [-0.3, -0.25) is 0 Å². The monoisotopic (exact) mass is 220 g/mol. The molecule has 15 heavy (non-hydrogen) atoms. The maximum absolute atomic E-state index is 8.93. The van der Waals surface area contributed by atoms with Gasteiger partial charge in [0.1, 0.15) is 0 Å². The van der Waals surface area contributed by atoms with Crippen LogP contribution in [0.1, 0.15) is 24.1 Å². The molecule has 0 saturated heterocycles. The summed E-state index contributed by atoms with van der Waals surface area (Å²) in [6.45, 7) is 1.00. The quantitative estimate of drug-likeness (QED) is 0.846. The van der Waals surface area contributed by atoms with Gasteiger partial charge in [-0.25, -0.2) is 0 Å². The molecule has 1 aromatic rings. The Labute approximate surface area is 94.9 Å². The summed E-state index contributed by atoms with van der Waals surface area (Å²) in [5, 5.41) is 14.6. The molecule has 0 aromatic carbocycles. The fourth-order valence-corrected chi connectivity index (χ4v) is 2.90. The van der Waals surface area contributed by atoms with E-state index in [9.17, 15) is 0 Å². The van der Waals surface area contributed by atoms with Gasteiger partial charge in [0.05, 0.1) is 12.0 Å². The van der Waals surface area contributed by atoms with Crippen molar-refractivity contribution in [2.24, 2.45) is 5.92 Å². The standard InChI is InChI=1S/C12H16N2S/c13-9-10-3-1-5-12(10)14-7-6-11-4-2-8-15-11/h2,4,8,10,12,14H,1,3,5-7H2. The van der Waals surface area contributed by atoms with E-state index < -0.39 is 0 Å². The van der Waals surface area contributed by atoms with Gasteiger partial charge in [0.2, 0.25) is 0 Å². The van der Waals surface area contributed by atoms with Gasteiger partial charge in [-0.05, 0) is 30.7 Å². The van der Waals surface area contributed by atoms with E-state index in [0.717, 1.165) is 19.4 Å². The van der Waals surface area contributed by atoms with Crippen LogP contribution in [0.4, 0.5) is 0 Å². The summed E-state index contributed by atoms with van der Waals surface area (Å²) in [4.78, 5) is 1.43. The number of rotatable bonds is 4. The molecule has 1 aromatic heterocycles. The normalized spacial score (nSPS) is 25.3. The van der Waals surface area contributed by atoms with Gasteiger partial charge >= 0.3 is 0 Å². The SMILES string of the molecule is N#CC1CCCC1NCCc1cccs1. The van der Waals surface area contributed by atoms with Crippen molar-refractivity contribution >= 4 is 11.3 Å². The molecule has 1 heterocycles. The number of hydrogen-bond acceptors (Lipinski definition) is 3. The summed E-state index contributed by atoms with van der Waals surface area (Å²) < 4.78 is 0. The van der Waals surface area contributed by atoms with Crippen LogP contribution in [0.15, 0.2) is 17.5 Å². The maximum atomic E-state index is 8.93. The third kappa shape index (κ3) is 2.80. The van der Waals surface area contributed by atoms with Crippen molar-refractivity contribution < 1.29 is 0 Å². The fraction of sp³-hybridized carbons (Fsp3) is 0.583. The summed E-state index contributed by atoms with van der Waals surface area (Å²) in [5.74, 6) is 0.244. The van der Waals surface area contributed by atoms with Crippen LogP contribution in [0, 0.1) is 17.2 Å². The second-order valence-corrected chi connectivity index (χ2v) is 5.09. The number of hydrogen-bond donors (Lipinski definition) is 1. The molecule has 1 N–H and O–H groups in total. The van der Waals surface area contributed by atoms with Crippen LogP contribution in [0.5, 0.6) is 0 Å². The second kappa shape index (κ2) is 5.29. The fourth-order valence-electron chi connectivity index (χ4n) is 2.19. The molecule has 80 valence electrons. The summed E-state index contributed by atoms with van der Waals surface area (Å²) >= 11 is 1.81. The van der Waals surface area contributed by atoms with Crippen LogP contribution in [0.25, 0.3) is 0 Å². The van der Waals surface area contributed by atoms with E-state index in [-0.39, 0.29) is 5.92 Å². The van der Waals surface area contributed by atoms with Crippen LogP contribution in [0.3, 0.4) is 0 Å². The first-order valence-electron chi connectivity index (χ1n) is 5.55. The molecule has 0 radical (unpaired) electrons. The summed E-state index contributed by atoms with van der Waals surface area (Å²) in [7, 11) is 0. The molecule has 2 rings (SSSR count). The van der Waals surface area contributed by atoms with E-state index >= 15 is 0 Å². The van der Waals surface area contributed by atoms with Gasteiger partial charge in [0, 0.05) is 17.5 Å². The molecular weight excluding hydrogens is 204 g/mol. The van der Waals surface area contributed by atoms with E-state index in [2.05, 4.69) is 28.9 Å². The van der Waals surface area contributed by atoms with Crippen molar-refractivity contribution in [3.05, 3.63) is 22.4 Å². The van der Waals surface area contributed by atoms with Gasteiger partial charge in [0.25, 0.3) is 0 Å². The van der Waals surface area contributed by atoms with Gasteiger partial charge in [-0.2, -0.15) is 5.26 Å². The first-order chi connectivity index (χ1) is 7.40. The molecule has 1 fully saturated rings. The smallest absolute Gasteiger partial charge is 0.0672 e. The lowest BCUT2D eigenvalue weighted by molar-refractivity contribution is 0.469. The first-order valence-corrected chi connectivity index (χ1v) is 6.43. The first kappa shape index (κ1) is 10.7. The highest BCUT2D eigenvalue weighted by Crippen LogP contribution is 2.24. The van der Waals surface area contributed by atoms with Crippen molar-refractivity contribution in [2.75, 3.05) is 6.54 Å². The molecule has 2 nitrogen and oxygen atoms in total. The summed E-state index contributed by atoms with van der Waals surface area (Å²) in [6, 6.07) is 7.10. The van der Waals surface area contributed by atoms with Crippen LogP contribution in [-0.2, 0) is 6.42 Å². The van der Waals surface area contributed by atoms with E-state index in [0.29, 0.717) is 6.04 Å². The zero-order chi connectivity index (χ0) is 10.5. The second-order valence-electron chi connectivity index (χ2n) is 4.06. The number of thiophene rings is 1. The lowest BCUT2D eigenvalue weighted by atomic mass is 10.1. The minimum atomic E-state index is 0.244. The van der Waals surface area contributed by atoms with E-state index in [1.165, 1.54) is 17.7 Å². The lowest BCUT2D eigenvalue weighted by Gasteiger charge is -2.14. The van der Waals surface area contributed by atoms with Crippen molar-refractivity contribution in [3.63, 3.8) is 0 Å². The van der Waals surface area contributed by atoms with Crippen LogP contribution >= 0.6 is 11.3 Å². The molecule has 1 aliphatic rings. The Bertz CT molecular complexity index is 326. The zero-order valence-electron chi connectivity index (χ0n) is 8.78. The Morgan fingerprint density at radius 1 is 1.53 bits per heavy atom. The van der Waals surface area contributed by atoms with Crippen LogP contribution < -0.4 is 5.32 Å². The van der Waals surface area contributed by atoms with Gasteiger partial charge in [0.15, 0.2) is 0 Å². The Balaban J connectivity index is 1.72. The third-order valence-electron chi connectivity index (χ3n) is 3.04. The van der Waals surface area contributed by atoms with Crippen molar-refractivity contribution in [1.82, 2.24) is 5.32 Å². The molecule has 2 unspecified atom stereocenters. The lowest BCUT2D eigenvalue weighted by Crippen LogP contribution is -2.33. The molecule has 0 amide bonds. The van der Waals surface area contributed by atoms with Gasteiger partial charge in [-0.1, -0.05) is 12.5 Å². The molecule has 3 heteroatoms. The van der Waals surface area contributed by atoms with Crippen LogP contribution in [-0.4, -0.2) is 12.6 Å². The molecule has 0 aliphatic heterocycles. The summed E-state index contributed by atoms with van der Waals surface area (Å²) in [6.07, 6.45) is 4.54. The molecule has 2 atom stereocenters. The van der Waals surface area contributed by atoms with E-state index in [4.69, 9.17) is 5.26 Å².